The van der Waals surface area contributed by atoms with Crippen molar-refractivity contribution in [2.75, 3.05) is 0 Å². The van der Waals surface area contributed by atoms with Gasteiger partial charge in [-0.1, -0.05) is 45.0 Å². The summed E-state index contributed by atoms with van der Waals surface area (Å²) in [7, 11) is 0. The van der Waals surface area contributed by atoms with Crippen molar-refractivity contribution in [1.82, 2.24) is 9.55 Å². The number of aromatic amines is 1. The van der Waals surface area contributed by atoms with Gasteiger partial charge in [-0.3, -0.25) is 0 Å². The van der Waals surface area contributed by atoms with Crippen LogP contribution in [-0.4, -0.2) is 9.55 Å². The van der Waals surface area contributed by atoms with Crippen LogP contribution in [0.1, 0.15) is 43.5 Å². The summed E-state index contributed by atoms with van der Waals surface area (Å²) in [4.78, 5) is 3.12. The van der Waals surface area contributed by atoms with Crippen LogP contribution in [0.3, 0.4) is 0 Å². The first-order valence-corrected chi connectivity index (χ1v) is 6.88. The van der Waals surface area contributed by atoms with Crippen LogP contribution in [0, 0.1) is 4.77 Å². The van der Waals surface area contributed by atoms with Gasteiger partial charge in [-0.05, 0) is 35.7 Å². The second-order valence-electron chi connectivity index (χ2n) is 4.92. The van der Waals surface area contributed by atoms with E-state index in [4.69, 9.17) is 12.2 Å². The van der Waals surface area contributed by atoms with Crippen LogP contribution in [0.15, 0.2) is 30.5 Å². The molecule has 2 rings (SSSR count). The molecule has 2 nitrogen and oxygen atoms in total. The maximum absolute atomic E-state index is 5.31. The Balaban J connectivity index is 2.23. The standard InChI is InChI=1S/C15H20N2S/c1-4-14-9-16-15(18)17(14)10-12-5-7-13(8-6-12)11(2)3/h5-9,11H,4,10H2,1-3H3,(H,16,18). The number of rotatable bonds is 4. The van der Waals surface area contributed by atoms with Crippen molar-refractivity contribution in [2.45, 2.75) is 39.7 Å². The highest BCUT2D eigenvalue weighted by atomic mass is 32.1. The lowest BCUT2D eigenvalue weighted by Crippen LogP contribution is -2.04. The Morgan fingerprint density at radius 2 is 1.89 bits per heavy atom. The second kappa shape index (κ2) is 5.53. The van der Waals surface area contributed by atoms with Crippen molar-refractivity contribution >= 4 is 12.2 Å². The highest BCUT2D eigenvalue weighted by molar-refractivity contribution is 7.71. The lowest BCUT2D eigenvalue weighted by atomic mass is 10.0. The Morgan fingerprint density at radius 1 is 1.22 bits per heavy atom. The van der Waals surface area contributed by atoms with Crippen LogP contribution in [0.25, 0.3) is 0 Å². The maximum atomic E-state index is 5.31. The summed E-state index contributed by atoms with van der Waals surface area (Å²) in [6, 6.07) is 8.82. The van der Waals surface area contributed by atoms with Gasteiger partial charge in [0.2, 0.25) is 0 Å². The smallest absolute Gasteiger partial charge is 0.177 e. The van der Waals surface area contributed by atoms with E-state index in [1.165, 1.54) is 16.8 Å². The van der Waals surface area contributed by atoms with Crippen LogP contribution in [-0.2, 0) is 13.0 Å². The predicted molar refractivity (Wildman–Crippen MR) is 78.6 cm³/mol. The molecule has 0 radical (unpaired) electrons. The fraction of sp³-hybridized carbons (Fsp3) is 0.400. The lowest BCUT2D eigenvalue weighted by Gasteiger charge is -2.09. The number of aromatic nitrogens is 2. The van der Waals surface area contributed by atoms with Crippen LogP contribution >= 0.6 is 12.2 Å². The topological polar surface area (TPSA) is 20.7 Å². The van der Waals surface area contributed by atoms with Gasteiger partial charge >= 0.3 is 0 Å². The molecule has 0 aliphatic carbocycles. The fourth-order valence-corrected chi connectivity index (χ4v) is 2.33. The molecule has 0 spiro atoms. The van der Waals surface area contributed by atoms with E-state index in [9.17, 15) is 0 Å². The van der Waals surface area contributed by atoms with E-state index in [1.807, 2.05) is 6.20 Å². The van der Waals surface area contributed by atoms with Gasteiger partial charge in [-0.2, -0.15) is 0 Å². The molecule has 0 aliphatic heterocycles. The van der Waals surface area contributed by atoms with Crippen molar-refractivity contribution in [3.8, 4) is 0 Å². The molecule has 0 saturated heterocycles. The zero-order valence-corrected chi connectivity index (χ0v) is 12.1. The van der Waals surface area contributed by atoms with Gasteiger partial charge in [0.05, 0.1) is 6.54 Å². The molecule has 0 fully saturated rings. The average molecular weight is 260 g/mol. The zero-order valence-electron chi connectivity index (χ0n) is 11.2. The molecule has 0 unspecified atom stereocenters. The van der Waals surface area contributed by atoms with Gasteiger partial charge in [-0.15, -0.1) is 0 Å². The van der Waals surface area contributed by atoms with E-state index in [1.54, 1.807) is 0 Å². The summed E-state index contributed by atoms with van der Waals surface area (Å²) in [6.07, 6.45) is 3.00. The number of nitrogens with zero attached hydrogens (tertiary/aromatic N) is 1. The minimum Gasteiger partial charge on any atom is -0.337 e. The highest BCUT2D eigenvalue weighted by Gasteiger charge is 2.04. The number of nitrogens with one attached hydrogen (secondary N) is 1. The molecule has 0 atom stereocenters. The predicted octanol–water partition coefficient (Wildman–Crippen LogP) is 4.28. The molecule has 0 amide bonds. The minimum atomic E-state index is 0.583. The van der Waals surface area contributed by atoms with Crippen LogP contribution in [0.5, 0.6) is 0 Å². The number of hydrogen-bond acceptors (Lipinski definition) is 1. The van der Waals surface area contributed by atoms with Crippen molar-refractivity contribution in [1.29, 1.82) is 0 Å². The summed E-state index contributed by atoms with van der Waals surface area (Å²) in [5.41, 5.74) is 3.94. The molecule has 0 aliphatic rings. The quantitative estimate of drug-likeness (QED) is 0.814. The third-order valence-electron chi connectivity index (χ3n) is 3.30. The summed E-state index contributed by atoms with van der Waals surface area (Å²) in [5.74, 6) is 0.583. The average Bonchev–Trinajstić information content (AvgIpc) is 2.71. The molecule has 0 bridgehead atoms. The van der Waals surface area contributed by atoms with Crippen molar-refractivity contribution in [3.63, 3.8) is 0 Å². The highest BCUT2D eigenvalue weighted by Crippen LogP contribution is 2.16. The first-order chi connectivity index (χ1) is 8.61. The monoisotopic (exact) mass is 260 g/mol. The number of H-pyrrole nitrogens is 1. The van der Waals surface area contributed by atoms with E-state index >= 15 is 0 Å². The minimum absolute atomic E-state index is 0.583. The van der Waals surface area contributed by atoms with Crippen LogP contribution in [0.2, 0.25) is 0 Å². The molecular weight excluding hydrogens is 240 g/mol. The van der Waals surface area contributed by atoms with Gasteiger partial charge in [0, 0.05) is 11.9 Å². The van der Waals surface area contributed by atoms with E-state index in [0.29, 0.717) is 5.92 Å². The molecule has 0 saturated carbocycles. The first kappa shape index (κ1) is 13.1. The number of hydrogen-bond donors (Lipinski definition) is 1. The van der Waals surface area contributed by atoms with Crippen molar-refractivity contribution < 1.29 is 0 Å². The zero-order chi connectivity index (χ0) is 13.1. The third-order valence-corrected chi connectivity index (χ3v) is 3.64. The van der Waals surface area contributed by atoms with E-state index in [2.05, 4.69) is 54.6 Å². The van der Waals surface area contributed by atoms with Gasteiger partial charge in [0.25, 0.3) is 0 Å². The molecule has 18 heavy (non-hydrogen) atoms. The summed E-state index contributed by atoms with van der Waals surface area (Å²) >= 11 is 5.31. The molecule has 1 heterocycles. The summed E-state index contributed by atoms with van der Waals surface area (Å²) in [5, 5.41) is 0. The molecule has 1 aromatic heterocycles. The largest absolute Gasteiger partial charge is 0.337 e. The Labute approximate surface area is 114 Å². The first-order valence-electron chi connectivity index (χ1n) is 6.47. The van der Waals surface area contributed by atoms with E-state index in [-0.39, 0.29) is 0 Å². The molecule has 1 N–H and O–H groups in total. The van der Waals surface area contributed by atoms with Gasteiger partial charge < -0.3 is 9.55 Å². The van der Waals surface area contributed by atoms with Crippen LogP contribution < -0.4 is 0 Å². The number of imidazole rings is 1. The van der Waals surface area contributed by atoms with Gasteiger partial charge in [0.1, 0.15) is 0 Å². The van der Waals surface area contributed by atoms with E-state index in [0.717, 1.165) is 17.7 Å². The van der Waals surface area contributed by atoms with Crippen molar-refractivity contribution in [2.24, 2.45) is 0 Å². The van der Waals surface area contributed by atoms with Gasteiger partial charge in [-0.25, -0.2) is 0 Å². The lowest BCUT2D eigenvalue weighted by molar-refractivity contribution is 0.735. The Kier molecular flexibility index (Phi) is 4.02. The Bertz CT molecular complexity index is 561. The third kappa shape index (κ3) is 2.72. The molecule has 96 valence electrons. The molecule has 3 heteroatoms. The summed E-state index contributed by atoms with van der Waals surface area (Å²) in [6.45, 7) is 7.43. The molecule has 1 aromatic carbocycles. The molecular formula is C15H20N2S. The van der Waals surface area contributed by atoms with E-state index < -0.39 is 0 Å². The van der Waals surface area contributed by atoms with Gasteiger partial charge in [0.15, 0.2) is 4.77 Å². The molecule has 2 aromatic rings. The Morgan fingerprint density at radius 3 is 2.44 bits per heavy atom. The number of aryl methyl sites for hydroxylation is 1. The second-order valence-corrected chi connectivity index (χ2v) is 5.31. The Hall–Kier alpha value is -1.35. The number of benzene rings is 1. The van der Waals surface area contributed by atoms with Crippen LogP contribution in [0.4, 0.5) is 0 Å². The fourth-order valence-electron chi connectivity index (χ4n) is 2.09. The van der Waals surface area contributed by atoms with Crippen molar-refractivity contribution in [3.05, 3.63) is 52.1 Å². The normalized spacial score (nSPS) is 11.1. The SMILES string of the molecule is CCc1c[nH]c(=S)n1Cc1ccc(C(C)C)cc1. The summed E-state index contributed by atoms with van der Waals surface area (Å²) < 4.78 is 2.97. The maximum Gasteiger partial charge on any atom is 0.177 e.